The molecule has 4 rings (SSSR count). The molecule has 1 atom stereocenters. The molecule has 0 spiro atoms. The third-order valence-electron chi connectivity index (χ3n) is 5.52. The molecule has 1 unspecified atom stereocenters. The van der Waals surface area contributed by atoms with Gasteiger partial charge < -0.3 is 4.74 Å². The summed E-state index contributed by atoms with van der Waals surface area (Å²) in [6, 6.07) is 9.99. The number of ether oxygens (including phenoxy) is 1. The van der Waals surface area contributed by atoms with Crippen LogP contribution in [0.25, 0.3) is 11.1 Å². The van der Waals surface area contributed by atoms with Crippen molar-refractivity contribution in [1.29, 1.82) is 0 Å². The summed E-state index contributed by atoms with van der Waals surface area (Å²) < 4.78 is 33.8. The van der Waals surface area contributed by atoms with Gasteiger partial charge in [-0.15, -0.1) is 0 Å². The Kier molecular flexibility index (Phi) is 6.29. The van der Waals surface area contributed by atoms with Gasteiger partial charge in [0, 0.05) is 37.1 Å². The molecule has 3 heterocycles. The second-order valence-corrected chi connectivity index (χ2v) is 9.41. The molecule has 0 radical (unpaired) electrons. The van der Waals surface area contributed by atoms with E-state index in [4.69, 9.17) is 9.72 Å². The van der Waals surface area contributed by atoms with Crippen molar-refractivity contribution in [3.05, 3.63) is 66.5 Å². The Morgan fingerprint density at radius 1 is 1.13 bits per heavy atom. The zero-order valence-corrected chi connectivity index (χ0v) is 18.5. The number of benzene rings is 1. The summed E-state index contributed by atoms with van der Waals surface area (Å²) in [5.41, 5.74) is 2.55. The molecule has 1 saturated heterocycles. The minimum atomic E-state index is -3.68. The van der Waals surface area contributed by atoms with Gasteiger partial charge in [-0.25, -0.2) is 18.4 Å². The van der Waals surface area contributed by atoms with Gasteiger partial charge in [0.25, 0.3) is 0 Å². The number of rotatable bonds is 7. The topological polar surface area (TPSA) is 85.3 Å². The molecule has 1 aliphatic rings. The molecule has 0 N–H and O–H groups in total. The van der Waals surface area contributed by atoms with Crippen molar-refractivity contribution in [2.75, 3.05) is 13.7 Å². The lowest BCUT2D eigenvalue weighted by molar-refractivity contribution is 0.389. The Morgan fingerprint density at radius 3 is 2.55 bits per heavy atom. The van der Waals surface area contributed by atoms with Crippen LogP contribution in [-0.2, 0) is 16.4 Å². The van der Waals surface area contributed by atoms with Crippen LogP contribution >= 0.6 is 0 Å². The number of aromatic nitrogens is 3. The van der Waals surface area contributed by atoms with E-state index in [0.717, 1.165) is 48.3 Å². The van der Waals surface area contributed by atoms with Crippen LogP contribution in [0.4, 0.5) is 0 Å². The lowest BCUT2D eigenvalue weighted by Gasteiger charge is -2.25. The van der Waals surface area contributed by atoms with Crippen molar-refractivity contribution in [3.8, 4) is 16.9 Å². The fourth-order valence-corrected chi connectivity index (χ4v) is 5.63. The van der Waals surface area contributed by atoms with E-state index in [2.05, 4.69) is 16.9 Å². The van der Waals surface area contributed by atoms with Crippen LogP contribution in [0.2, 0.25) is 0 Å². The summed E-state index contributed by atoms with van der Waals surface area (Å²) in [6.45, 7) is 2.54. The number of aryl methyl sites for hydroxylation is 1. The van der Waals surface area contributed by atoms with Crippen LogP contribution in [0.5, 0.6) is 5.75 Å². The highest BCUT2D eigenvalue weighted by Crippen LogP contribution is 2.39. The van der Waals surface area contributed by atoms with Gasteiger partial charge in [-0.3, -0.25) is 4.98 Å². The molecule has 1 aliphatic heterocycles. The molecule has 0 saturated carbocycles. The summed E-state index contributed by atoms with van der Waals surface area (Å²) in [7, 11) is -2.12. The van der Waals surface area contributed by atoms with E-state index < -0.39 is 10.0 Å². The number of sulfonamides is 1. The first-order chi connectivity index (χ1) is 15.0. The van der Waals surface area contributed by atoms with Crippen LogP contribution in [0.15, 0.2) is 59.9 Å². The number of hydrogen-bond acceptors (Lipinski definition) is 6. The largest absolute Gasteiger partial charge is 0.497 e. The molecule has 0 bridgehead atoms. The van der Waals surface area contributed by atoms with Crippen LogP contribution < -0.4 is 4.74 Å². The van der Waals surface area contributed by atoms with E-state index in [1.54, 1.807) is 48.1 Å². The van der Waals surface area contributed by atoms with Gasteiger partial charge in [0.2, 0.25) is 10.0 Å². The number of pyridine rings is 1. The van der Waals surface area contributed by atoms with Gasteiger partial charge in [0.05, 0.1) is 23.7 Å². The first-order valence-corrected chi connectivity index (χ1v) is 11.9. The van der Waals surface area contributed by atoms with Crippen LogP contribution in [0, 0.1) is 0 Å². The highest BCUT2D eigenvalue weighted by Gasteiger charge is 2.38. The number of nitrogens with zero attached hydrogens (tertiary/aromatic N) is 4. The van der Waals surface area contributed by atoms with Crippen molar-refractivity contribution in [1.82, 2.24) is 19.3 Å². The Labute approximate surface area is 183 Å². The van der Waals surface area contributed by atoms with Gasteiger partial charge >= 0.3 is 0 Å². The van der Waals surface area contributed by atoms with E-state index in [-0.39, 0.29) is 10.9 Å². The van der Waals surface area contributed by atoms with Gasteiger partial charge in [0.1, 0.15) is 11.6 Å². The quantitative estimate of drug-likeness (QED) is 0.554. The molecule has 0 aliphatic carbocycles. The molecule has 7 nitrogen and oxygen atoms in total. The van der Waals surface area contributed by atoms with Crippen molar-refractivity contribution in [2.45, 2.75) is 43.5 Å². The van der Waals surface area contributed by atoms with Crippen LogP contribution in [0.3, 0.4) is 0 Å². The Bertz CT molecular complexity index is 1140. The second kappa shape index (κ2) is 9.11. The molecular formula is C23H26N4O3S. The van der Waals surface area contributed by atoms with E-state index in [1.165, 1.54) is 0 Å². The van der Waals surface area contributed by atoms with Gasteiger partial charge in [0.15, 0.2) is 0 Å². The summed E-state index contributed by atoms with van der Waals surface area (Å²) in [6.07, 6.45) is 8.44. The zero-order valence-electron chi connectivity index (χ0n) is 17.7. The maximum absolute atomic E-state index is 13.5. The molecular weight excluding hydrogens is 412 g/mol. The van der Waals surface area contributed by atoms with E-state index in [1.807, 2.05) is 18.3 Å². The molecule has 3 aromatic rings. The average Bonchev–Trinajstić information content (AvgIpc) is 3.31. The summed E-state index contributed by atoms with van der Waals surface area (Å²) in [5.74, 6) is 1.36. The molecule has 162 valence electrons. The minimum Gasteiger partial charge on any atom is -0.497 e. The van der Waals surface area contributed by atoms with Gasteiger partial charge in [-0.05, 0) is 61.2 Å². The summed E-state index contributed by atoms with van der Waals surface area (Å²) in [5, 5.41) is 0. The highest BCUT2D eigenvalue weighted by molar-refractivity contribution is 7.89. The average molecular weight is 439 g/mol. The molecule has 2 aromatic heterocycles. The van der Waals surface area contributed by atoms with Crippen LogP contribution in [0.1, 0.15) is 43.7 Å². The second-order valence-electron chi connectivity index (χ2n) is 7.52. The van der Waals surface area contributed by atoms with Crippen molar-refractivity contribution < 1.29 is 13.2 Å². The molecule has 1 fully saturated rings. The molecule has 8 heteroatoms. The maximum atomic E-state index is 13.5. The maximum Gasteiger partial charge on any atom is 0.243 e. The third kappa shape index (κ3) is 4.31. The first-order valence-electron chi connectivity index (χ1n) is 10.5. The Hall–Kier alpha value is -2.84. The molecule has 0 amide bonds. The van der Waals surface area contributed by atoms with Crippen molar-refractivity contribution in [3.63, 3.8) is 0 Å². The van der Waals surface area contributed by atoms with Crippen molar-refractivity contribution >= 4 is 10.0 Å². The molecule has 31 heavy (non-hydrogen) atoms. The Morgan fingerprint density at radius 2 is 1.87 bits per heavy atom. The molecule has 1 aromatic carbocycles. The first kappa shape index (κ1) is 21.4. The van der Waals surface area contributed by atoms with Gasteiger partial charge in [-0.1, -0.05) is 6.92 Å². The number of methoxy groups -OCH3 is 1. The fourth-order valence-electron chi connectivity index (χ4n) is 3.97. The van der Waals surface area contributed by atoms with E-state index in [0.29, 0.717) is 12.3 Å². The monoisotopic (exact) mass is 438 g/mol. The standard InChI is InChI=1S/C23H26N4O3S/c1-3-5-22-25-16-20(17-11-13-24-14-12-17)23(26-22)21-6-4-15-27(21)31(28,29)19-9-7-18(30-2)8-10-19/h7-14,16,21H,3-6,15H2,1-2H3. The lowest BCUT2D eigenvalue weighted by atomic mass is 10.0. The smallest absolute Gasteiger partial charge is 0.243 e. The minimum absolute atomic E-state index is 0.258. The Balaban J connectivity index is 1.77. The fraction of sp³-hybridized carbons (Fsp3) is 0.348. The van der Waals surface area contributed by atoms with E-state index in [9.17, 15) is 8.42 Å². The van der Waals surface area contributed by atoms with Crippen molar-refractivity contribution in [2.24, 2.45) is 0 Å². The normalized spacial score (nSPS) is 17.0. The van der Waals surface area contributed by atoms with E-state index >= 15 is 0 Å². The van der Waals surface area contributed by atoms with Crippen LogP contribution in [-0.4, -0.2) is 41.3 Å². The predicted octanol–water partition coefficient (Wildman–Crippen LogP) is 4.03. The third-order valence-corrected chi connectivity index (χ3v) is 7.44. The SMILES string of the molecule is CCCc1ncc(-c2ccncc2)c(C2CCCN2S(=O)(=O)c2ccc(OC)cc2)n1. The summed E-state index contributed by atoms with van der Waals surface area (Å²) >= 11 is 0. The lowest BCUT2D eigenvalue weighted by Crippen LogP contribution is -2.31. The predicted molar refractivity (Wildman–Crippen MR) is 118 cm³/mol. The summed E-state index contributed by atoms with van der Waals surface area (Å²) in [4.78, 5) is 13.7. The zero-order chi connectivity index (χ0) is 21.8. The van der Waals surface area contributed by atoms with Gasteiger partial charge in [-0.2, -0.15) is 4.31 Å². The highest BCUT2D eigenvalue weighted by atomic mass is 32.2. The number of hydrogen-bond donors (Lipinski definition) is 0.